The molecule has 0 saturated carbocycles. The minimum absolute atomic E-state index is 0.0205. The van der Waals surface area contributed by atoms with Crippen LogP contribution in [-0.2, 0) is 6.18 Å². The third-order valence-corrected chi connectivity index (χ3v) is 4.73. The maximum atomic E-state index is 14.4. The van der Waals surface area contributed by atoms with Crippen LogP contribution < -0.4 is 10.7 Å². The molecule has 0 atom stereocenters. The van der Waals surface area contributed by atoms with Gasteiger partial charge < -0.3 is 9.88 Å². The van der Waals surface area contributed by atoms with Crippen molar-refractivity contribution in [3.63, 3.8) is 0 Å². The normalized spacial score (nSPS) is 11.4. The largest absolute Gasteiger partial charge is 0.416 e. The molecule has 1 amide bonds. The van der Waals surface area contributed by atoms with Gasteiger partial charge in [-0.25, -0.2) is 14.1 Å². The Morgan fingerprint density at radius 1 is 1.09 bits per heavy atom. The van der Waals surface area contributed by atoms with Crippen molar-refractivity contribution < 1.29 is 22.4 Å². The highest BCUT2D eigenvalue weighted by Crippen LogP contribution is 2.30. The Balaban J connectivity index is 1.65. The standard InChI is InChI=1S/C22H15F4N5O2/c1-13-9-19(32)20(29-31(13)16-4-2-3-14(10-16)22(24,25)26)21(33)28-15-5-6-18(17(23)11-15)30-8-7-27-12-30/h2-12H,1H3,(H,28,33). The predicted molar refractivity (Wildman–Crippen MR) is 111 cm³/mol. The van der Waals surface area contributed by atoms with Crippen LogP contribution in [0, 0.1) is 12.7 Å². The molecule has 0 fully saturated rings. The summed E-state index contributed by atoms with van der Waals surface area (Å²) >= 11 is 0. The zero-order valence-electron chi connectivity index (χ0n) is 17.0. The molecular formula is C22H15F4N5O2. The van der Waals surface area contributed by atoms with E-state index in [1.54, 1.807) is 6.20 Å². The first-order valence-electron chi connectivity index (χ1n) is 9.51. The minimum atomic E-state index is -4.57. The van der Waals surface area contributed by atoms with Crippen molar-refractivity contribution in [1.29, 1.82) is 0 Å². The molecule has 0 aliphatic heterocycles. The fraction of sp³-hybridized carbons (Fsp3) is 0.0909. The zero-order valence-corrected chi connectivity index (χ0v) is 17.0. The van der Waals surface area contributed by atoms with E-state index in [4.69, 9.17) is 0 Å². The van der Waals surface area contributed by atoms with E-state index < -0.39 is 34.6 Å². The maximum Gasteiger partial charge on any atom is 0.416 e. The number of alkyl halides is 3. The minimum Gasteiger partial charge on any atom is -0.320 e. The third-order valence-electron chi connectivity index (χ3n) is 4.73. The molecule has 168 valence electrons. The van der Waals surface area contributed by atoms with E-state index in [1.807, 2.05) is 0 Å². The fourth-order valence-electron chi connectivity index (χ4n) is 3.17. The van der Waals surface area contributed by atoms with Crippen molar-refractivity contribution in [3.8, 4) is 11.4 Å². The van der Waals surface area contributed by atoms with Gasteiger partial charge in [-0.2, -0.15) is 18.3 Å². The summed E-state index contributed by atoms with van der Waals surface area (Å²) in [6.07, 6.45) is -0.143. The van der Waals surface area contributed by atoms with E-state index in [1.165, 1.54) is 48.3 Å². The number of amides is 1. The summed E-state index contributed by atoms with van der Waals surface area (Å²) in [6.45, 7) is 1.47. The lowest BCUT2D eigenvalue weighted by Gasteiger charge is -2.14. The number of nitrogens with one attached hydrogen (secondary N) is 1. The monoisotopic (exact) mass is 457 g/mol. The molecule has 11 heteroatoms. The summed E-state index contributed by atoms with van der Waals surface area (Å²) < 4.78 is 56.2. The van der Waals surface area contributed by atoms with Gasteiger partial charge in [0, 0.05) is 29.8 Å². The number of halogens is 4. The lowest BCUT2D eigenvalue weighted by molar-refractivity contribution is -0.137. The van der Waals surface area contributed by atoms with Crippen LogP contribution in [0.25, 0.3) is 11.4 Å². The summed E-state index contributed by atoms with van der Waals surface area (Å²) in [4.78, 5) is 28.9. The van der Waals surface area contributed by atoms with Gasteiger partial charge >= 0.3 is 6.18 Å². The SMILES string of the molecule is Cc1cc(=O)c(C(=O)Nc2ccc(-n3ccnc3)c(F)c2)nn1-c1cccc(C(F)(F)F)c1. The average Bonchev–Trinajstić information content (AvgIpc) is 3.28. The Morgan fingerprint density at radius 2 is 1.88 bits per heavy atom. The number of benzene rings is 2. The number of rotatable bonds is 4. The second-order valence-corrected chi connectivity index (χ2v) is 7.05. The molecule has 0 aliphatic rings. The number of imidazole rings is 1. The zero-order chi connectivity index (χ0) is 23.8. The Hall–Kier alpha value is -4.28. The molecule has 4 rings (SSSR count). The van der Waals surface area contributed by atoms with E-state index in [0.717, 1.165) is 28.9 Å². The summed E-state index contributed by atoms with van der Waals surface area (Å²) in [6, 6.07) is 9.31. The van der Waals surface area contributed by atoms with Crippen LogP contribution in [0.15, 0.2) is 72.0 Å². The van der Waals surface area contributed by atoms with Crippen molar-refractivity contribution in [3.05, 3.63) is 100 Å². The van der Waals surface area contributed by atoms with E-state index in [9.17, 15) is 27.2 Å². The quantitative estimate of drug-likeness (QED) is 0.467. The van der Waals surface area contributed by atoms with Gasteiger partial charge in [-0.15, -0.1) is 0 Å². The fourth-order valence-corrected chi connectivity index (χ4v) is 3.17. The van der Waals surface area contributed by atoms with E-state index in [0.29, 0.717) is 0 Å². The molecule has 0 saturated heterocycles. The molecule has 1 N–H and O–H groups in total. The summed E-state index contributed by atoms with van der Waals surface area (Å²) in [5.41, 5.74) is -1.68. The molecule has 2 aromatic heterocycles. The predicted octanol–water partition coefficient (Wildman–Crippen LogP) is 4.14. The van der Waals surface area contributed by atoms with Gasteiger partial charge in [0.25, 0.3) is 5.91 Å². The van der Waals surface area contributed by atoms with Crippen LogP contribution >= 0.6 is 0 Å². The maximum absolute atomic E-state index is 14.4. The number of nitrogens with zero attached hydrogens (tertiary/aromatic N) is 4. The second-order valence-electron chi connectivity index (χ2n) is 7.05. The molecular weight excluding hydrogens is 442 g/mol. The van der Waals surface area contributed by atoms with Crippen molar-refractivity contribution in [2.75, 3.05) is 5.32 Å². The van der Waals surface area contributed by atoms with E-state index in [-0.39, 0.29) is 22.8 Å². The Labute approximate surface area is 183 Å². The van der Waals surface area contributed by atoms with Crippen molar-refractivity contribution >= 4 is 11.6 Å². The highest BCUT2D eigenvalue weighted by atomic mass is 19.4. The molecule has 0 unspecified atom stereocenters. The molecule has 33 heavy (non-hydrogen) atoms. The van der Waals surface area contributed by atoms with Crippen LogP contribution in [0.4, 0.5) is 23.2 Å². The van der Waals surface area contributed by atoms with E-state index >= 15 is 0 Å². The molecule has 2 aromatic carbocycles. The Kier molecular flexibility index (Phi) is 5.54. The Morgan fingerprint density at radius 3 is 2.55 bits per heavy atom. The van der Waals surface area contributed by atoms with E-state index in [2.05, 4.69) is 15.4 Å². The highest BCUT2D eigenvalue weighted by Gasteiger charge is 2.30. The molecule has 2 heterocycles. The van der Waals surface area contributed by atoms with Gasteiger partial charge in [-0.05, 0) is 43.3 Å². The van der Waals surface area contributed by atoms with Crippen molar-refractivity contribution in [2.24, 2.45) is 0 Å². The molecule has 0 bridgehead atoms. The number of carbonyl (C=O) groups excluding carboxylic acids is 1. The summed E-state index contributed by atoms with van der Waals surface area (Å²) in [5.74, 6) is -1.58. The smallest absolute Gasteiger partial charge is 0.320 e. The van der Waals surface area contributed by atoms with Crippen LogP contribution in [0.3, 0.4) is 0 Å². The molecule has 0 spiro atoms. The van der Waals surface area contributed by atoms with Gasteiger partial charge in [-0.3, -0.25) is 9.59 Å². The topological polar surface area (TPSA) is 81.8 Å². The lowest BCUT2D eigenvalue weighted by atomic mass is 10.2. The third kappa shape index (κ3) is 4.52. The lowest BCUT2D eigenvalue weighted by Crippen LogP contribution is -2.27. The van der Waals surface area contributed by atoms with Gasteiger partial charge in [0.2, 0.25) is 5.43 Å². The Bertz CT molecular complexity index is 1390. The molecule has 0 aliphatic carbocycles. The number of aromatic nitrogens is 4. The van der Waals surface area contributed by atoms with Gasteiger partial charge in [0.1, 0.15) is 5.82 Å². The van der Waals surface area contributed by atoms with Crippen LogP contribution in [0.1, 0.15) is 21.7 Å². The van der Waals surface area contributed by atoms with Gasteiger partial charge in [-0.1, -0.05) is 6.07 Å². The number of hydrogen-bond donors (Lipinski definition) is 1. The molecule has 7 nitrogen and oxygen atoms in total. The van der Waals surface area contributed by atoms with Gasteiger partial charge in [0.15, 0.2) is 5.69 Å². The van der Waals surface area contributed by atoms with Gasteiger partial charge in [0.05, 0.1) is 23.3 Å². The second kappa shape index (κ2) is 8.34. The first-order valence-corrected chi connectivity index (χ1v) is 9.51. The first-order chi connectivity index (χ1) is 15.6. The first kappa shape index (κ1) is 21.9. The van der Waals surface area contributed by atoms with Crippen LogP contribution in [-0.4, -0.2) is 25.2 Å². The van der Waals surface area contributed by atoms with Crippen LogP contribution in [0.5, 0.6) is 0 Å². The number of aryl methyl sites for hydroxylation is 1. The number of carbonyl (C=O) groups is 1. The number of hydrogen-bond acceptors (Lipinski definition) is 4. The average molecular weight is 457 g/mol. The molecule has 4 aromatic rings. The summed E-state index contributed by atoms with van der Waals surface area (Å²) in [5, 5.41) is 6.35. The highest BCUT2D eigenvalue weighted by molar-refractivity contribution is 6.02. The van der Waals surface area contributed by atoms with Crippen molar-refractivity contribution in [1.82, 2.24) is 19.3 Å². The number of anilines is 1. The molecule has 0 radical (unpaired) electrons. The van der Waals surface area contributed by atoms with Crippen LogP contribution in [0.2, 0.25) is 0 Å². The van der Waals surface area contributed by atoms with Crippen molar-refractivity contribution in [2.45, 2.75) is 13.1 Å². The summed E-state index contributed by atoms with van der Waals surface area (Å²) in [7, 11) is 0.